The van der Waals surface area contributed by atoms with E-state index >= 15 is 0 Å². The molecule has 3 rings (SSSR count). The Morgan fingerprint density at radius 2 is 1.90 bits per heavy atom. The van der Waals surface area contributed by atoms with Crippen molar-refractivity contribution in [3.63, 3.8) is 0 Å². The number of amides is 2. The number of rotatable bonds is 7. The van der Waals surface area contributed by atoms with Crippen LogP contribution in [0.15, 0.2) is 42.6 Å². The van der Waals surface area contributed by atoms with Crippen LogP contribution in [0.4, 0.5) is 4.79 Å². The standard InChI is InChI=1S/C21H25N3O5/c1-28-17-3-2-4-18(11-17)29-19-10-5-14(12-22-19)13-23-21(27)24-16-8-6-15(7-9-16)20(25)26/h2-5,10-12,15-16H,6-9,13H2,1H3,(H,25,26)(H2,23,24,27). The second-order valence-electron chi connectivity index (χ2n) is 7.00. The highest BCUT2D eigenvalue weighted by Crippen LogP contribution is 2.25. The van der Waals surface area contributed by atoms with Gasteiger partial charge in [0.1, 0.15) is 11.5 Å². The fourth-order valence-corrected chi connectivity index (χ4v) is 3.26. The fraction of sp³-hybridized carbons (Fsp3) is 0.381. The molecule has 1 saturated carbocycles. The van der Waals surface area contributed by atoms with Gasteiger partial charge in [0.05, 0.1) is 13.0 Å². The molecule has 1 aromatic carbocycles. The van der Waals surface area contributed by atoms with Crippen molar-refractivity contribution >= 4 is 12.0 Å². The highest BCUT2D eigenvalue weighted by Gasteiger charge is 2.26. The van der Waals surface area contributed by atoms with Crippen LogP contribution in [0.3, 0.4) is 0 Å². The van der Waals surface area contributed by atoms with E-state index in [0.29, 0.717) is 49.6 Å². The minimum Gasteiger partial charge on any atom is -0.497 e. The van der Waals surface area contributed by atoms with Crippen LogP contribution in [0.25, 0.3) is 0 Å². The molecule has 154 valence electrons. The maximum Gasteiger partial charge on any atom is 0.315 e. The molecule has 1 aliphatic carbocycles. The highest BCUT2D eigenvalue weighted by molar-refractivity contribution is 5.74. The van der Waals surface area contributed by atoms with Crippen molar-refractivity contribution in [2.75, 3.05) is 7.11 Å². The summed E-state index contributed by atoms with van der Waals surface area (Å²) in [6.45, 7) is 0.336. The molecule has 2 amide bonds. The van der Waals surface area contributed by atoms with E-state index in [0.717, 1.165) is 5.56 Å². The molecule has 0 unspecified atom stereocenters. The van der Waals surface area contributed by atoms with Gasteiger partial charge < -0.3 is 25.2 Å². The van der Waals surface area contributed by atoms with Crippen LogP contribution >= 0.6 is 0 Å². The van der Waals surface area contributed by atoms with Crippen LogP contribution in [0, 0.1) is 5.92 Å². The van der Waals surface area contributed by atoms with E-state index in [9.17, 15) is 9.59 Å². The molecule has 0 radical (unpaired) electrons. The Hall–Kier alpha value is -3.29. The molecule has 1 fully saturated rings. The van der Waals surface area contributed by atoms with E-state index in [1.807, 2.05) is 24.3 Å². The van der Waals surface area contributed by atoms with E-state index in [1.165, 1.54) is 0 Å². The van der Waals surface area contributed by atoms with Crippen molar-refractivity contribution < 1.29 is 24.2 Å². The summed E-state index contributed by atoms with van der Waals surface area (Å²) in [7, 11) is 1.59. The number of hydrogen-bond donors (Lipinski definition) is 3. The number of carbonyl (C=O) groups excluding carboxylic acids is 1. The Balaban J connectivity index is 1.43. The zero-order valence-corrected chi connectivity index (χ0v) is 16.3. The monoisotopic (exact) mass is 399 g/mol. The van der Waals surface area contributed by atoms with Gasteiger partial charge in [-0.25, -0.2) is 9.78 Å². The van der Waals surface area contributed by atoms with E-state index < -0.39 is 5.97 Å². The lowest BCUT2D eigenvalue weighted by molar-refractivity contribution is -0.142. The van der Waals surface area contributed by atoms with Gasteiger partial charge in [-0.15, -0.1) is 0 Å². The molecule has 0 spiro atoms. The van der Waals surface area contributed by atoms with Gasteiger partial charge in [0.25, 0.3) is 0 Å². The van der Waals surface area contributed by atoms with Gasteiger partial charge in [-0.3, -0.25) is 4.79 Å². The number of urea groups is 1. The number of carbonyl (C=O) groups is 2. The van der Waals surface area contributed by atoms with Gasteiger partial charge in [0, 0.05) is 30.9 Å². The lowest BCUT2D eigenvalue weighted by atomic mass is 9.86. The number of aliphatic carboxylic acids is 1. The summed E-state index contributed by atoms with van der Waals surface area (Å²) in [6, 6.07) is 10.6. The van der Waals surface area contributed by atoms with E-state index in [1.54, 1.807) is 25.4 Å². The second-order valence-corrected chi connectivity index (χ2v) is 7.00. The molecule has 1 aliphatic rings. The first-order valence-electron chi connectivity index (χ1n) is 9.57. The van der Waals surface area contributed by atoms with Crippen LogP contribution in [-0.4, -0.2) is 35.2 Å². The van der Waals surface area contributed by atoms with Crippen LogP contribution in [0.1, 0.15) is 31.2 Å². The molecule has 0 bridgehead atoms. The lowest BCUT2D eigenvalue weighted by Gasteiger charge is -2.26. The van der Waals surface area contributed by atoms with Gasteiger partial charge in [-0.2, -0.15) is 0 Å². The predicted molar refractivity (Wildman–Crippen MR) is 106 cm³/mol. The first-order valence-corrected chi connectivity index (χ1v) is 9.57. The summed E-state index contributed by atoms with van der Waals surface area (Å²) in [5.41, 5.74) is 0.840. The topological polar surface area (TPSA) is 110 Å². The number of carboxylic acid groups (broad SMARTS) is 1. The van der Waals surface area contributed by atoms with Crippen molar-refractivity contribution in [1.29, 1.82) is 0 Å². The molecule has 29 heavy (non-hydrogen) atoms. The summed E-state index contributed by atoms with van der Waals surface area (Å²) in [5.74, 6) is 0.728. The van der Waals surface area contributed by atoms with Gasteiger partial charge in [0.2, 0.25) is 5.88 Å². The largest absolute Gasteiger partial charge is 0.497 e. The molecule has 1 aromatic heterocycles. The number of nitrogens with one attached hydrogen (secondary N) is 2. The van der Waals surface area contributed by atoms with Crippen LogP contribution < -0.4 is 20.1 Å². The number of hydrogen-bond acceptors (Lipinski definition) is 5. The summed E-state index contributed by atoms with van der Waals surface area (Å²) < 4.78 is 10.9. The first kappa shape index (κ1) is 20.4. The second kappa shape index (κ2) is 9.77. The van der Waals surface area contributed by atoms with Gasteiger partial charge >= 0.3 is 12.0 Å². The van der Waals surface area contributed by atoms with E-state index in [-0.39, 0.29) is 18.0 Å². The Labute approximate surface area is 169 Å². The minimum absolute atomic E-state index is 0.0161. The third-order valence-electron chi connectivity index (χ3n) is 4.93. The van der Waals surface area contributed by atoms with Crippen molar-refractivity contribution in [3.05, 3.63) is 48.2 Å². The molecule has 0 saturated heterocycles. The van der Waals surface area contributed by atoms with Crippen molar-refractivity contribution in [2.45, 2.75) is 38.3 Å². The number of carboxylic acids is 1. The number of ether oxygens (including phenoxy) is 2. The zero-order chi connectivity index (χ0) is 20.6. The summed E-state index contributed by atoms with van der Waals surface area (Å²) in [6.07, 6.45) is 4.20. The third-order valence-corrected chi connectivity index (χ3v) is 4.93. The van der Waals surface area contributed by atoms with E-state index in [2.05, 4.69) is 15.6 Å². The zero-order valence-electron chi connectivity index (χ0n) is 16.3. The molecule has 8 nitrogen and oxygen atoms in total. The van der Waals surface area contributed by atoms with Crippen LogP contribution in [0.2, 0.25) is 0 Å². The molecular weight excluding hydrogens is 374 g/mol. The van der Waals surface area contributed by atoms with E-state index in [4.69, 9.17) is 14.6 Å². The minimum atomic E-state index is -0.751. The maximum atomic E-state index is 12.1. The molecule has 1 heterocycles. The Bertz CT molecular complexity index is 832. The van der Waals surface area contributed by atoms with Crippen molar-refractivity contribution in [1.82, 2.24) is 15.6 Å². The quantitative estimate of drug-likeness (QED) is 0.659. The van der Waals surface area contributed by atoms with Gasteiger partial charge in [0.15, 0.2) is 0 Å². The summed E-state index contributed by atoms with van der Waals surface area (Å²) in [5, 5.41) is 14.7. The molecule has 2 aromatic rings. The summed E-state index contributed by atoms with van der Waals surface area (Å²) >= 11 is 0. The fourth-order valence-electron chi connectivity index (χ4n) is 3.26. The van der Waals surface area contributed by atoms with Crippen molar-refractivity contribution in [2.24, 2.45) is 5.92 Å². The van der Waals surface area contributed by atoms with Gasteiger partial charge in [-0.1, -0.05) is 12.1 Å². The van der Waals surface area contributed by atoms with Gasteiger partial charge in [-0.05, 0) is 43.4 Å². The number of nitrogens with zero attached hydrogens (tertiary/aromatic N) is 1. The molecule has 3 N–H and O–H groups in total. The molecule has 0 aliphatic heterocycles. The highest BCUT2D eigenvalue weighted by atomic mass is 16.5. The third kappa shape index (κ3) is 6.10. The summed E-state index contributed by atoms with van der Waals surface area (Å²) in [4.78, 5) is 27.3. The Morgan fingerprint density at radius 3 is 2.55 bits per heavy atom. The number of aromatic nitrogens is 1. The Morgan fingerprint density at radius 1 is 1.14 bits per heavy atom. The SMILES string of the molecule is COc1cccc(Oc2ccc(CNC(=O)NC3CCC(C(=O)O)CC3)cn2)c1. The average molecular weight is 399 g/mol. The maximum absolute atomic E-state index is 12.1. The molecule has 8 heteroatoms. The lowest BCUT2D eigenvalue weighted by Crippen LogP contribution is -2.43. The van der Waals surface area contributed by atoms with Crippen LogP contribution in [0.5, 0.6) is 17.4 Å². The number of benzene rings is 1. The average Bonchev–Trinajstić information content (AvgIpc) is 2.74. The number of pyridine rings is 1. The smallest absolute Gasteiger partial charge is 0.315 e. The van der Waals surface area contributed by atoms with Crippen molar-refractivity contribution in [3.8, 4) is 17.4 Å². The number of methoxy groups -OCH3 is 1. The molecular formula is C21H25N3O5. The predicted octanol–water partition coefficient (Wildman–Crippen LogP) is 3.33. The van der Waals surface area contributed by atoms with Crippen LogP contribution in [-0.2, 0) is 11.3 Å². The molecule has 0 atom stereocenters. The first-order chi connectivity index (χ1) is 14.0. The normalized spacial score (nSPS) is 18.5. The Kier molecular flexibility index (Phi) is 6.89.